The SMILES string of the molecule is CC(C)Cc1nc(OCC(=O)N2CCCC2)c(C#N)c2c1CCCC2. The van der Waals surface area contributed by atoms with Gasteiger partial charge in [0, 0.05) is 18.8 Å². The Morgan fingerprint density at radius 2 is 1.88 bits per heavy atom. The van der Waals surface area contributed by atoms with Gasteiger partial charge >= 0.3 is 0 Å². The van der Waals surface area contributed by atoms with E-state index in [1.54, 1.807) is 0 Å². The summed E-state index contributed by atoms with van der Waals surface area (Å²) in [6.07, 6.45) is 7.14. The van der Waals surface area contributed by atoms with Gasteiger partial charge in [0.2, 0.25) is 5.88 Å². The van der Waals surface area contributed by atoms with E-state index in [0.29, 0.717) is 17.4 Å². The van der Waals surface area contributed by atoms with Crippen LogP contribution in [0.3, 0.4) is 0 Å². The number of rotatable bonds is 5. The molecule has 0 N–H and O–H groups in total. The Morgan fingerprint density at radius 1 is 1.20 bits per heavy atom. The molecule has 0 saturated carbocycles. The number of ether oxygens (including phenoxy) is 1. The molecule has 0 aromatic carbocycles. The lowest BCUT2D eigenvalue weighted by Crippen LogP contribution is -2.32. The predicted octanol–water partition coefficient (Wildman–Crippen LogP) is 3.03. The molecule has 1 fully saturated rings. The van der Waals surface area contributed by atoms with E-state index in [-0.39, 0.29) is 12.5 Å². The Hall–Kier alpha value is -2.09. The first-order chi connectivity index (χ1) is 12.1. The fourth-order valence-electron chi connectivity index (χ4n) is 3.84. The number of fused-ring (bicyclic) bond motifs is 1. The van der Waals surface area contributed by atoms with Crippen LogP contribution < -0.4 is 4.74 Å². The normalized spacial score (nSPS) is 16.6. The van der Waals surface area contributed by atoms with E-state index < -0.39 is 0 Å². The topological polar surface area (TPSA) is 66.2 Å². The highest BCUT2D eigenvalue weighted by Gasteiger charge is 2.25. The van der Waals surface area contributed by atoms with Gasteiger partial charge in [0.05, 0.1) is 0 Å². The van der Waals surface area contributed by atoms with Crippen molar-refractivity contribution in [2.45, 2.75) is 58.8 Å². The van der Waals surface area contributed by atoms with Gasteiger partial charge in [-0.3, -0.25) is 4.79 Å². The van der Waals surface area contributed by atoms with Crippen molar-refractivity contribution in [1.82, 2.24) is 9.88 Å². The number of carbonyl (C=O) groups is 1. The van der Waals surface area contributed by atoms with Crippen molar-refractivity contribution in [1.29, 1.82) is 5.26 Å². The maximum absolute atomic E-state index is 12.3. The van der Waals surface area contributed by atoms with Gasteiger partial charge in [-0.15, -0.1) is 0 Å². The van der Waals surface area contributed by atoms with Crippen molar-refractivity contribution >= 4 is 5.91 Å². The Kier molecular flexibility index (Phi) is 5.57. The molecule has 5 heteroatoms. The summed E-state index contributed by atoms with van der Waals surface area (Å²) in [5, 5.41) is 9.66. The molecular formula is C20H27N3O2. The van der Waals surface area contributed by atoms with Gasteiger partial charge in [-0.05, 0) is 62.0 Å². The first kappa shape index (κ1) is 17.7. The third-order valence-corrected chi connectivity index (χ3v) is 5.07. The summed E-state index contributed by atoms with van der Waals surface area (Å²) >= 11 is 0. The minimum atomic E-state index is -0.0262. The fraction of sp³-hybridized carbons (Fsp3) is 0.650. The van der Waals surface area contributed by atoms with Crippen molar-refractivity contribution in [3.05, 3.63) is 22.4 Å². The van der Waals surface area contributed by atoms with Gasteiger partial charge in [0.1, 0.15) is 11.6 Å². The zero-order chi connectivity index (χ0) is 17.8. The maximum atomic E-state index is 12.3. The van der Waals surface area contributed by atoms with Crippen molar-refractivity contribution < 1.29 is 9.53 Å². The monoisotopic (exact) mass is 341 g/mol. The molecule has 1 aliphatic heterocycles. The largest absolute Gasteiger partial charge is 0.467 e. The second-order valence-corrected chi connectivity index (χ2v) is 7.49. The number of hydrogen-bond acceptors (Lipinski definition) is 4. The molecule has 0 radical (unpaired) electrons. The molecule has 25 heavy (non-hydrogen) atoms. The summed E-state index contributed by atoms with van der Waals surface area (Å²) in [5.74, 6) is 0.836. The smallest absolute Gasteiger partial charge is 0.260 e. The van der Waals surface area contributed by atoms with Crippen molar-refractivity contribution in [2.24, 2.45) is 5.92 Å². The van der Waals surface area contributed by atoms with E-state index in [1.807, 2.05) is 4.90 Å². The van der Waals surface area contributed by atoms with E-state index in [9.17, 15) is 10.1 Å². The second-order valence-electron chi connectivity index (χ2n) is 7.49. The Balaban J connectivity index is 1.86. The van der Waals surface area contributed by atoms with E-state index in [1.165, 1.54) is 5.56 Å². The van der Waals surface area contributed by atoms with E-state index >= 15 is 0 Å². The molecule has 1 aromatic rings. The van der Waals surface area contributed by atoms with Crippen LogP contribution in [0.4, 0.5) is 0 Å². The zero-order valence-corrected chi connectivity index (χ0v) is 15.3. The molecule has 0 unspecified atom stereocenters. The van der Waals surface area contributed by atoms with Gasteiger partial charge < -0.3 is 9.64 Å². The number of hydrogen-bond donors (Lipinski definition) is 0. The average molecular weight is 341 g/mol. The number of carbonyl (C=O) groups excluding carboxylic acids is 1. The van der Waals surface area contributed by atoms with Crippen LogP contribution in [0.1, 0.15) is 61.9 Å². The maximum Gasteiger partial charge on any atom is 0.260 e. The van der Waals surface area contributed by atoms with E-state index in [2.05, 4.69) is 24.9 Å². The number of aromatic nitrogens is 1. The Bertz CT molecular complexity index is 685. The van der Waals surface area contributed by atoms with Crippen molar-refractivity contribution in [2.75, 3.05) is 19.7 Å². The summed E-state index contributed by atoms with van der Waals surface area (Å²) in [6, 6.07) is 2.29. The molecule has 1 aromatic heterocycles. The first-order valence-electron chi connectivity index (χ1n) is 9.45. The van der Waals surface area contributed by atoms with E-state index in [4.69, 9.17) is 4.74 Å². The van der Waals surface area contributed by atoms with Gasteiger partial charge in [-0.1, -0.05) is 13.8 Å². The van der Waals surface area contributed by atoms with Crippen LogP contribution in [0.2, 0.25) is 0 Å². The van der Waals surface area contributed by atoms with Crippen LogP contribution >= 0.6 is 0 Å². The van der Waals surface area contributed by atoms with Gasteiger partial charge in [0.15, 0.2) is 6.61 Å². The minimum Gasteiger partial charge on any atom is -0.467 e. The predicted molar refractivity (Wildman–Crippen MR) is 95.4 cm³/mol. The lowest BCUT2D eigenvalue weighted by Gasteiger charge is -2.23. The molecule has 2 heterocycles. The van der Waals surface area contributed by atoms with Gasteiger partial charge in [-0.2, -0.15) is 5.26 Å². The van der Waals surface area contributed by atoms with E-state index in [0.717, 1.165) is 69.3 Å². The van der Waals surface area contributed by atoms with Crippen LogP contribution in [-0.2, 0) is 24.1 Å². The lowest BCUT2D eigenvalue weighted by molar-refractivity contribution is -0.132. The summed E-state index contributed by atoms with van der Waals surface area (Å²) in [5.41, 5.74) is 3.93. The van der Waals surface area contributed by atoms with Crippen LogP contribution in [0.25, 0.3) is 0 Å². The summed E-state index contributed by atoms with van der Waals surface area (Å²) in [4.78, 5) is 18.8. The molecule has 0 atom stereocenters. The lowest BCUT2D eigenvalue weighted by atomic mass is 9.86. The molecule has 1 saturated heterocycles. The van der Waals surface area contributed by atoms with Gasteiger partial charge in [0.25, 0.3) is 5.91 Å². The fourth-order valence-corrected chi connectivity index (χ4v) is 3.84. The number of likely N-dealkylation sites (tertiary alicyclic amines) is 1. The molecule has 2 aliphatic rings. The number of amides is 1. The molecule has 0 bridgehead atoms. The molecule has 1 aliphatic carbocycles. The molecule has 5 nitrogen and oxygen atoms in total. The van der Waals surface area contributed by atoms with Crippen LogP contribution in [0.15, 0.2) is 0 Å². The molecular weight excluding hydrogens is 314 g/mol. The van der Waals surface area contributed by atoms with Crippen molar-refractivity contribution in [3.63, 3.8) is 0 Å². The Morgan fingerprint density at radius 3 is 2.52 bits per heavy atom. The summed E-state index contributed by atoms with van der Waals surface area (Å²) < 4.78 is 5.77. The summed E-state index contributed by atoms with van der Waals surface area (Å²) in [6.45, 7) is 5.94. The number of nitriles is 1. The Labute approximate surface area is 150 Å². The standard InChI is InChI=1S/C20H27N3O2/c1-14(2)11-18-16-8-4-3-7-15(16)17(12-21)20(22-18)25-13-19(24)23-9-5-6-10-23/h14H,3-11,13H2,1-2H3. The highest BCUT2D eigenvalue weighted by atomic mass is 16.5. The van der Waals surface area contributed by atoms with Crippen molar-refractivity contribution in [3.8, 4) is 11.9 Å². The zero-order valence-electron chi connectivity index (χ0n) is 15.3. The third-order valence-electron chi connectivity index (χ3n) is 5.07. The molecule has 134 valence electrons. The molecule has 1 amide bonds. The average Bonchev–Trinajstić information content (AvgIpc) is 3.14. The van der Waals surface area contributed by atoms with Gasteiger partial charge in [-0.25, -0.2) is 4.98 Å². The quantitative estimate of drug-likeness (QED) is 0.825. The minimum absolute atomic E-state index is 0.00804. The second kappa shape index (κ2) is 7.86. The number of pyridine rings is 1. The number of nitrogens with zero attached hydrogens (tertiary/aromatic N) is 3. The highest BCUT2D eigenvalue weighted by Crippen LogP contribution is 2.32. The highest BCUT2D eigenvalue weighted by molar-refractivity contribution is 5.78. The van der Waals surface area contributed by atoms with Crippen LogP contribution in [0.5, 0.6) is 5.88 Å². The third kappa shape index (κ3) is 3.95. The first-order valence-corrected chi connectivity index (χ1v) is 9.45. The van der Waals surface area contributed by atoms with Crippen LogP contribution in [-0.4, -0.2) is 35.5 Å². The van der Waals surface area contributed by atoms with Crippen LogP contribution in [0, 0.1) is 17.2 Å². The summed E-state index contributed by atoms with van der Waals surface area (Å²) in [7, 11) is 0. The molecule has 3 rings (SSSR count). The molecule has 0 spiro atoms.